The second-order valence-corrected chi connectivity index (χ2v) is 4.54. The van der Waals surface area contributed by atoms with Crippen molar-refractivity contribution in [2.24, 2.45) is 5.92 Å². The Morgan fingerprint density at radius 1 is 1.53 bits per heavy atom. The summed E-state index contributed by atoms with van der Waals surface area (Å²) in [6, 6.07) is 7.22. The molecule has 15 heavy (non-hydrogen) atoms. The highest BCUT2D eigenvalue weighted by Crippen LogP contribution is 2.13. The minimum Gasteiger partial charge on any atom is -0.462 e. The van der Waals surface area contributed by atoms with E-state index >= 15 is 0 Å². The van der Waals surface area contributed by atoms with E-state index < -0.39 is 0 Å². The highest BCUT2D eigenvalue weighted by Gasteiger charge is 2.08. The van der Waals surface area contributed by atoms with Gasteiger partial charge >= 0.3 is 5.97 Å². The number of hydrogen-bond donors (Lipinski definition) is 0. The molecule has 0 aliphatic rings. The van der Waals surface area contributed by atoms with Gasteiger partial charge in [0.1, 0.15) is 0 Å². The molecule has 1 atom stereocenters. The lowest BCUT2D eigenvalue weighted by Gasteiger charge is -2.09. The Labute approximate surface area is 98.8 Å². The first-order chi connectivity index (χ1) is 7.13. The predicted molar refractivity (Wildman–Crippen MR) is 63.9 cm³/mol. The monoisotopic (exact) mass is 270 g/mol. The van der Waals surface area contributed by atoms with Crippen molar-refractivity contribution in [1.29, 1.82) is 0 Å². The van der Waals surface area contributed by atoms with Crippen LogP contribution in [-0.2, 0) is 4.74 Å². The summed E-state index contributed by atoms with van der Waals surface area (Å²) in [7, 11) is 0. The molecule has 0 amide bonds. The maximum atomic E-state index is 11.6. The highest BCUT2D eigenvalue weighted by molar-refractivity contribution is 9.10. The molecule has 82 valence electrons. The van der Waals surface area contributed by atoms with Gasteiger partial charge in [0.05, 0.1) is 12.2 Å². The molecule has 1 aromatic rings. The topological polar surface area (TPSA) is 26.3 Å². The van der Waals surface area contributed by atoms with Crippen LogP contribution in [-0.4, -0.2) is 12.6 Å². The lowest BCUT2D eigenvalue weighted by Crippen LogP contribution is -2.11. The number of benzene rings is 1. The van der Waals surface area contributed by atoms with E-state index in [1.165, 1.54) is 0 Å². The number of hydrogen-bond acceptors (Lipinski definition) is 2. The van der Waals surface area contributed by atoms with Crippen molar-refractivity contribution in [1.82, 2.24) is 0 Å². The predicted octanol–water partition coefficient (Wildman–Crippen LogP) is 3.65. The molecule has 0 fully saturated rings. The van der Waals surface area contributed by atoms with Crippen LogP contribution in [0.2, 0.25) is 0 Å². The van der Waals surface area contributed by atoms with Crippen LogP contribution in [0.3, 0.4) is 0 Å². The second-order valence-electron chi connectivity index (χ2n) is 3.62. The molecule has 1 unspecified atom stereocenters. The van der Waals surface area contributed by atoms with Gasteiger partial charge in [0.25, 0.3) is 0 Å². The Kier molecular flexibility index (Phi) is 4.82. The van der Waals surface area contributed by atoms with E-state index in [4.69, 9.17) is 4.74 Å². The summed E-state index contributed by atoms with van der Waals surface area (Å²) < 4.78 is 6.07. The molecular formula is C12H15BrO2. The first-order valence-corrected chi connectivity index (χ1v) is 5.85. The van der Waals surface area contributed by atoms with Gasteiger partial charge in [-0.15, -0.1) is 0 Å². The molecule has 1 aromatic carbocycles. The van der Waals surface area contributed by atoms with Gasteiger partial charge in [0.2, 0.25) is 0 Å². The van der Waals surface area contributed by atoms with Gasteiger partial charge in [0, 0.05) is 4.47 Å². The van der Waals surface area contributed by atoms with E-state index in [1.54, 1.807) is 12.1 Å². The highest BCUT2D eigenvalue weighted by atomic mass is 79.9. The van der Waals surface area contributed by atoms with Crippen molar-refractivity contribution in [3.63, 3.8) is 0 Å². The molecule has 0 bridgehead atoms. The Morgan fingerprint density at radius 2 is 2.27 bits per heavy atom. The fourth-order valence-corrected chi connectivity index (χ4v) is 1.43. The lowest BCUT2D eigenvalue weighted by molar-refractivity contribution is 0.0447. The van der Waals surface area contributed by atoms with Crippen molar-refractivity contribution in [3.05, 3.63) is 34.3 Å². The zero-order valence-corrected chi connectivity index (χ0v) is 10.6. The molecule has 0 spiro atoms. The summed E-state index contributed by atoms with van der Waals surface area (Å²) in [5.74, 6) is 0.165. The zero-order chi connectivity index (χ0) is 11.3. The summed E-state index contributed by atoms with van der Waals surface area (Å²) in [5.41, 5.74) is 0.590. The quantitative estimate of drug-likeness (QED) is 0.781. The Bertz CT molecular complexity index is 336. The van der Waals surface area contributed by atoms with Crippen LogP contribution in [0.5, 0.6) is 0 Å². The number of rotatable bonds is 4. The van der Waals surface area contributed by atoms with Crippen LogP contribution in [0.25, 0.3) is 0 Å². The average Bonchev–Trinajstić information content (AvgIpc) is 2.25. The smallest absolute Gasteiger partial charge is 0.338 e. The molecule has 2 nitrogen and oxygen atoms in total. The van der Waals surface area contributed by atoms with Crippen LogP contribution in [0.15, 0.2) is 28.7 Å². The fraction of sp³-hybridized carbons (Fsp3) is 0.417. The van der Waals surface area contributed by atoms with Crippen LogP contribution in [0.4, 0.5) is 0 Å². The molecule has 0 saturated heterocycles. The summed E-state index contributed by atoms with van der Waals surface area (Å²) in [4.78, 5) is 11.6. The van der Waals surface area contributed by atoms with Crippen molar-refractivity contribution in [2.45, 2.75) is 20.3 Å². The van der Waals surface area contributed by atoms with Crippen LogP contribution in [0, 0.1) is 5.92 Å². The number of carbonyl (C=O) groups excluding carboxylic acids is 1. The third-order valence-corrected chi connectivity index (χ3v) is 2.75. The first-order valence-electron chi connectivity index (χ1n) is 5.06. The SMILES string of the molecule is CCC(C)COC(=O)c1cccc(Br)c1. The van der Waals surface area contributed by atoms with E-state index in [9.17, 15) is 4.79 Å². The van der Waals surface area contributed by atoms with Gasteiger partial charge in [-0.05, 0) is 24.1 Å². The summed E-state index contributed by atoms with van der Waals surface area (Å²) in [5, 5.41) is 0. The fourth-order valence-electron chi connectivity index (χ4n) is 1.03. The van der Waals surface area contributed by atoms with Gasteiger partial charge in [-0.1, -0.05) is 42.3 Å². The number of halogens is 1. The van der Waals surface area contributed by atoms with Crippen molar-refractivity contribution in [3.8, 4) is 0 Å². The summed E-state index contributed by atoms with van der Waals surface area (Å²) in [6.45, 7) is 4.63. The maximum absolute atomic E-state index is 11.6. The van der Waals surface area contributed by atoms with Crippen molar-refractivity contribution >= 4 is 21.9 Å². The minimum absolute atomic E-state index is 0.253. The molecule has 1 rings (SSSR count). The van der Waals surface area contributed by atoms with E-state index in [-0.39, 0.29) is 5.97 Å². The molecule has 0 aromatic heterocycles. The summed E-state index contributed by atoms with van der Waals surface area (Å²) >= 11 is 3.32. The standard InChI is InChI=1S/C12H15BrO2/c1-3-9(2)8-15-12(14)10-5-4-6-11(13)7-10/h4-7,9H,3,8H2,1-2H3. The molecule has 0 aliphatic carbocycles. The normalized spacial score (nSPS) is 12.2. The molecule has 0 heterocycles. The van der Waals surface area contributed by atoms with Crippen molar-refractivity contribution < 1.29 is 9.53 Å². The van der Waals surface area contributed by atoms with Crippen LogP contribution < -0.4 is 0 Å². The lowest BCUT2D eigenvalue weighted by atomic mass is 10.1. The van der Waals surface area contributed by atoms with Gasteiger partial charge in [-0.25, -0.2) is 4.79 Å². The first kappa shape index (κ1) is 12.2. The van der Waals surface area contributed by atoms with E-state index in [1.807, 2.05) is 12.1 Å². The second kappa shape index (κ2) is 5.91. The third-order valence-electron chi connectivity index (χ3n) is 2.26. The van der Waals surface area contributed by atoms with Gasteiger partial charge < -0.3 is 4.74 Å². The van der Waals surface area contributed by atoms with Gasteiger partial charge in [0.15, 0.2) is 0 Å². The van der Waals surface area contributed by atoms with Gasteiger partial charge in [-0.2, -0.15) is 0 Å². The van der Waals surface area contributed by atoms with E-state index in [0.717, 1.165) is 10.9 Å². The average molecular weight is 271 g/mol. The van der Waals surface area contributed by atoms with Crippen LogP contribution in [0.1, 0.15) is 30.6 Å². The molecule has 0 radical (unpaired) electrons. The molecule has 3 heteroatoms. The number of carbonyl (C=O) groups is 1. The molecule has 0 aliphatic heterocycles. The minimum atomic E-state index is -0.253. The molecular weight excluding hydrogens is 256 g/mol. The zero-order valence-electron chi connectivity index (χ0n) is 9.00. The molecule has 0 saturated carbocycles. The van der Waals surface area contributed by atoms with Crippen molar-refractivity contribution in [2.75, 3.05) is 6.61 Å². The number of esters is 1. The van der Waals surface area contributed by atoms with E-state index in [0.29, 0.717) is 18.1 Å². The van der Waals surface area contributed by atoms with E-state index in [2.05, 4.69) is 29.8 Å². The Balaban J connectivity index is 2.54. The molecule has 0 N–H and O–H groups in total. The largest absolute Gasteiger partial charge is 0.462 e. The Morgan fingerprint density at radius 3 is 2.87 bits per heavy atom. The van der Waals surface area contributed by atoms with Gasteiger partial charge in [-0.3, -0.25) is 0 Å². The number of ether oxygens (including phenoxy) is 1. The third kappa shape index (κ3) is 4.04. The maximum Gasteiger partial charge on any atom is 0.338 e. The Hall–Kier alpha value is -0.830. The summed E-state index contributed by atoms with van der Waals surface area (Å²) in [6.07, 6.45) is 1.02. The van der Waals surface area contributed by atoms with Crippen LogP contribution >= 0.6 is 15.9 Å².